The molecule has 0 spiro atoms. The molecule has 0 aliphatic rings. The summed E-state index contributed by atoms with van der Waals surface area (Å²) in [4.78, 5) is 13.8. The molecule has 0 fully saturated rings. The fourth-order valence-electron chi connectivity index (χ4n) is 3.96. The molecule has 0 saturated heterocycles. The molecular formula is C27H28N4OS2. The number of anilines is 1. The van der Waals surface area contributed by atoms with Gasteiger partial charge in [-0.25, -0.2) is 0 Å². The lowest BCUT2D eigenvalue weighted by atomic mass is 10.0. The van der Waals surface area contributed by atoms with Crippen molar-refractivity contribution in [2.45, 2.75) is 39.4 Å². The summed E-state index contributed by atoms with van der Waals surface area (Å²) in [7, 11) is 0. The van der Waals surface area contributed by atoms with E-state index in [1.54, 1.807) is 11.3 Å². The highest BCUT2D eigenvalue weighted by atomic mass is 32.2. The van der Waals surface area contributed by atoms with Crippen molar-refractivity contribution in [3.8, 4) is 22.5 Å². The molecule has 174 valence electrons. The minimum Gasteiger partial charge on any atom is -0.325 e. The number of rotatable bonds is 8. The van der Waals surface area contributed by atoms with E-state index in [1.807, 2.05) is 36.6 Å². The second-order valence-corrected chi connectivity index (χ2v) is 10.4. The van der Waals surface area contributed by atoms with Gasteiger partial charge in [-0.05, 0) is 56.5 Å². The Kier molecular flexibility index (Phi) is 7.34. The van der Waals surface area contributed by atoms with Crippen LogP contribution in [-0.2, 0) is 11.3 Å². The number of hydrogen-bond acceptors (Lipinski definition) is 5. The summed E-state index contributed by atoms with van der Waals surface area (Å²) in [5.74, 6) is 0.962. The Hall–Kier alpha value is -3.16. The SMILES string of the molecule is C=CCn1c(SCC(=O)Nc2cc(C)cc(C)c2)nnc1-c1csc(C)c1-c1ccc(C)cc1. The summed E-state index contributed by atoms with van der Waals surface area (Å²) >= 11 is 3.09. The topological polar surface area (TPSA) is 59.8 Å². The number of allylic oxidation sites excluding steroid dienone is 1. The first-order valence-electron chi connectivity index (χ1n) is 11.1. The number of thiophene rings is 1. The largest absolute Gasteiger partial charge is 0.325 e. The van der Waals surface area contributed by atoms with Crippen LogP contribution in [0.2, 0.25) is 0 Å². The van der Waals surface area contributed by atoms with E-state index in [0.717, 1.165) is 33.8 Å². The highest BCUT2D eigenvalue weighted by Gasteiger charge is 2.20. The zero-order valence-electron chi connectivity index (χ0n) is 19.9. The van der Waals surface area contributed by atoms with Crippen molar-refractivity contribution in [1.82, 2.24) is 14.8 Å². The first-order chi connectivity index (χ1) is 16.4. The Labute approximate surface area is 208 Å². The maximum atomic E-state index is 12.6. The molecule has 0 saturated carbocycles. The average Bonchev–Trinajstić information content (AvgIpc) is 3.35. The minimum atomic E-state index is -0.0728. The van der Waals surface area contributed by atoms with Gasteiger partial charge in [-0.2, -0.15) is 0 Å². The fourth-order valence-corrected chi connectivity index (χ4v) is 5.57. The van der Waals surface area contributed by atoms with Crippen LogP contribution in [-0.4, -0.2) is 26.4 Å². The van der Waals surface area contributed by atoms with Crippen LogP contribution >= 0.6 is 23.1 Å². The Morgan fingerprint density at radius 3 is 2.44 bits per heavy atom. The lowest BCUT2D eigenvalue weighted by Gasteiger charge is -2.10. The summed E-state index contributed by atoms with van der Waals surface area (Å²) < 4.78 is 2.03. The summed E-state index contributed by atoms with van der Waals surface area (Å²) in [6.45, 7) is 12.7. The van der Waals surface area contributed by atoms with Gasteiger partial charge in [0.25, 0.3) is 0 Å². The molecule has 5 nitrogen and oxygen atoms in total. The molecule has 0 aliphatic carbocycles. The standard InChI is InChI=1S/C27H28N4OS2/c1-6-11-31-26(23-15-33-20(5)25(23)21-9-7-17(2)8-10-21)29-30-27(31)34-16-24(32)28-22-13-18(3)12-19(4)14-22/h6-10,12-15H,1,11,16H2,2-5H3,(H,28,32). The number of thioether (sulfide) groups is 1. The number of nitrogens with zero attached hydrogens (tertiary/aromatic N) is 3. The molecule has 34 heavy (non-hydrogen) atoms. The van der Waals surface area contributed by atoms with Gasteiger partial charge in [-0.3, -0.25) is 9.36 Å². The Balaban J connectivity index is 1.58. The van der Waals surface area contributed by atoms with Crippen molar-refractivity contribution in [3.05, 3.63) is 82.1 Å². The van der Waals surface area contributed by atoms with Crippen molar-refractivity contribution in [1.29, 1.82) is 0 Å². The lowest BCUT2D eigenvalue weighted by molar-refractivity contribution is -0.113. The van der Waals surface area contributed by atoms with Gasteiger partial charge in [0.1, 0.15) is 0 Å². The van der Waals surface area contributed by atoms with E-state index >= 15 is 0 Å². The van der Waals surface area contributed by atoms with Crippen LogP contribution in [0.1, 0.15) is 21.6 Å². The molecule has 0 atom stereocenters. The predicted octanol–water partition coefficient (Wildman–Crippen LogP) is 6.82. The van der Waals surface area contributed by atoms with E-state index in [2.05, 4.69) is 71.7 Å². The molecule has 7 heteroatoms. The van der Waals surface area contributed by atoms with E-state index in [4.69, 9.17) is 0 Å². The number of carbonyl (C=O) groups excluding carboxylic acids is 1. The number of nitrogens with one attached hydrogen (secondary N) is 1. The molecule has 4 aromatic rings. The fraction of sp³-hybridized carbons (Fsp3) is 0.222. The zero-order chi connectivity index (χ0) is 24.2. The Morgan fingerprint density at radius 1 is 1.06 bits per heavy atom. The average molecular weight is 489 g/mol. The Morgan fingerprint density at radius 2 is 1.76 bits per heavy atom. The molecular weight excluding hydrogens is 460 g/mol. The van der Waals surface area contributed by atoms with Gasteiger partial charge in [0, 0.05) is 33.6 Å². The van der Waals surface area contributed by atoms with Crippen LogP contribution in [0.3, 0.4) is 0 Å². The number of hydrogen-bond donors (Lipinski definition) is 1. The molecule has 0 radical (unpaired) electrons. The molecule has 2 aromatic carbocycles. The van der Waals surface area contributed by atoms with Crippen LogP contribution < -0.4 is 5.32 Å². The van der Waals surface area contributed by atoms with E-state index in [0.29, 0.717) is 11.7 Å². The predicted molar refractivity (Wildman–Crippen MR) is 144 cm³/mol. The van der Waals surface area contributed by atoms with Crippen molar-refractivity contribution >= 4 is 34.7 Å². The Bertz CT molecular complexity index is 1320. The second-order valence-electron chi connectivity index (χ2n) is 8.37. The summed E-state index contributed by atoms with van der Waals surface area (Å²) in [5.41, 5.74) is 7.66. The van der Waals surface area contributed by atoms with Gasteiger partial charge in [0.05, 0.1) is 5.75 Å². The zero-order valence-corrected chi connectivity index (χ0v) is 21.5. The molecule has 0 aliphatic heterocycles. The smallest absolute Gasteiger partial charge is 0.234 e. The van der Waals surface area contributed by atoms with Gasteiger partial charge in [-0.1, -0.05) is 53.7 Å². The van der Waals surface area contributed by atoms with Crippen LogP contribution in [0, 0.1) is 27.7 Å². The summed E-state index contributed by atoms with van der Waals surface area (Å²) in [6.07, 6.45) is 1.83. The molecule has 0 unspecified atom stereocenters. The molecule has 4 rings (SSSR count). The maximum Gasteiger partial charge on any atom is 0.234 e. The highest BCUT2D eigenvalue weighted by Crippen LogP contribution is 2.39. The molecule has 1 amide bonds. The van der Waals surface area contributed by atoms with Gasteiger partial charge >= 0.3 is 0 Å². The molecule has 2 aromatic heterocycles. The third-order valence-electron chi connectivity index (χ3n) is 5.42. The lowest BCUT2D eigenvalue weighted by Crippen LogP contribution is -2.15. The van der Waals surface area contributed by atoms with E-state index in [-0.39, 0.29) is 11.7 Å². The number of benzene rings is 2. The monoisotopic (exact) mass is 488 g/mol. The molecule has 2 heterocycles. The maximum absolute atomic E-state index is 12.6. The molecule has 1 N–H and O–H groups in total. The summed E-state index contributed by atoms with van der Waals surface area (Å²) in [6, 6.07) is 14.6. The minimum absolute atomic E-state index is 0.0728. The first kappa shape index (κ1) is 24.0. The normalized spacial score (nSPS) is 10.9. The molecule has 0 bridgehead atoms. The van der Waals surface area contributed by atoms with E-state index < -0.39 is 0 Å². The van der Waals surface area contributed by atoms with Crippen molar-refractivity contribution in [3.63, 3.8) is 0 Å². The van der Waals surface area contributed by atoms with Gasteiger partial charge < -0.3 is 5.32 Å². The van der Waals surface area contributed by atoms with E-state index in [1.165, 1.54) is 27.8 Å². The highest BCUT2D eigenvalue weighted by molar-refractivity contribution is 7.99. The van der Waals surface area contributed by atoms with Gasteiger partial charge in [-0.15, -0.1) is 28.1 Å². The van der Waals surface area contributed by atoms with Crippen LogP contribution in [0.5, 0.6) is 0 Å². The summed E-state index contributed by atoms with van der Waals surface area (Å²) in [5, 5.41) is 14.8. The van der Waals surface area contributed by atoms with Crippen LogP contribution in [0.15, 0.2) is 65.7 Å². The van der Waals surface area contributed by atoms with E-state index in [9.17, 15) is 4.79 Å². The quantitative estimate of drug-likeness (QED) is 0.218. The number of aryl methyl sites for hydroxylation is 4. The third-order valence-corrected chi connectivity index (χ3v) is 7.30. The van der Waals surface area contributed by atoms with Gasteiger partial charge in [0.15, 0.2) is 11.0 Å². The second kappa shape index (κ2) is 10.4. The van der Waals surface area contributed by atoms with Crippen molar-refractivity contribution < 1.29 is 4.79 Å². The number of carbonyl (C=O) groups is 1. The van der Waals surface area contributed by atoms with Crippen LogP contribution in [0.4, 0.5) is 5.69 Å². The van der Waals surface area contributed by atoms with Crippen LogP contribution in [0.25, 0.3) is 22.5 Å². The number of aromatic nitrogens is 3. The number of amides is 1. The van der Waals surface area contributed by atoms with Gasteiger partial charge in [0.2, 0.25) is 5.91 Å². The first-order valence-corrected chi connectivity index (χ1v) is 12.9. The van der Waals surface area contributed by atoms with Crippen molar-refractivity contribution in [2.24, 2.45) is 0 Å². The van der Waals surface area contributed by atoms with Crippen molar-refractivity contribution in [2.75, 3.05) is 11.1 Å². The third kappa shape index (κ3) is 5.32.